The smallest absolute Gasteiger partial charge is 0.248 e. The molecule has 1 aromatic rings. The summed E-state index contributed by atoms with van der Waals surface area (Å²) in [6.07, 6.45) is 6.59. The van der Waals surface area contributed by atoms with Gasteiger partial charge in [-0.1, -0.05) is 6.08 Å². The third kappa shape index (κ3) is 2.74. The Hall–Kier alpha value is -1.58. The first-order chi connectivity index (χ1) is 6.26. The summed E-state index contributed by atoms with van der Waals surface area (Å²) >= 11 is 0. The molecule has 0 aliphatic rings. The molecule has 0 unspecified atom stereocenters. The molecule has 0 atom stereocenters. The van der Waals surface area contributed by atoms with Crippen molar-refractivity contribution in [3.05, 3.63) is 24.5 Å². The van der Waals surface area contributed by atoms with Gasteiger partial charge in [-0.05, 0) is 19.9 Å². The molecule has 0 radical (unpaired) electrons. The van der Waals surface area contributed by atoms with Crippen molar-refractivity contribution in [2.45, 2.75) is 20.4 Å². The average Bonchev–Trinajstić information content (AvgIpc) is 2.52. The van der Waals surface area contributed by atoms with Crippen LogP contribution in [0.5, 0.6) is 0 Å². The Kier molecular flexibility index (Phi) is 3.25. The predicted octanol–water partition coefficient (Wildman–Crippen LogP) is 1.42. The van der Waals surface area contributed by atoms with E-state index >= 15 is 0 Å². The maximum Gasteiger partial charge on any atom is 0.248 e. The first kappa shape index (κ1) is 9.51. The summed E-state index contributed by atoms with van der Waals surface area (Å²) in [7, 11) is 0. The molecule has 0 spiro atoms. The molecule has 0 saturated carbocycles. The van der Waals surface area contributed by atoms with Gasteiger partial charge in [0.05, 0.1) is 11.9 Å². The molecular weight excluding hydrogens is 166 g/mol. The lowest BCUT2D eigenvalue weighted by atomic mass is 10.4. The van der Waals surface area contributed by atoms with E-state index in [-0.39, 0.29) is 5.91 Å². The van der Waals surface area contributed by atoms with Crippen LogP contribution in [0, 0.1) is 0 Å². The molecule has 0 aliphatic carbocycles. The second-order valence-corrected chi connectivity index (χ2v) is 2.57. The van der Waals surface area contributed by atoms with Gasteiger partial charge in [-0.25, -0.2) is 0 Å². The summed E-state index contributed by atoms with van der Waals surface area (Å²) in [5.41, 5.74) is 0.727. The van der Waals surface area contributed by atoms with Crippen molar-refractivity contribution in [2.24, 2.45) is 0 Å². The number of carbonyl (C=O) groups excluding carboxylic acids is 1. The summed E-state index contributed by atoms with van der Waals surface area (Å²) < 4.78 is 1.76. The number of aryl methyl sites for hydroxylation is 1. The Morgan fingerprint density at radius 2 is 2.54 bits per heavy atom. The van der Waals surface area contributed by atoms with E-state index in [0.717, 1.165) is 12.2 Å². The maximum absolute atomic E-state index is 11.1. The SMILES string of the molecule is C/C=C/C(=O)Nc1cnn(CC)c1. The highest BCUT2D eigenvalue weighted by Crippen LogP contribution is 2.04. The third-order valence-electron chi connectivity index (χ3n) is 1.54. The summed E-state index contributed by atoms with van der Waals surface area (Å²) in [6.45, 7) is 4.60. The minimum Gasteiger partial charge on any atom is -0.320 e. The van der Waals surface area contributed by atoms with Crippen LogP contribution in [-0.4, -0.2) is 15.7 Å². The highest BCUT2D eigenvalue weighted by Gasteiger charge is 1.99. The monoisotopic (exact) mass is 179 g/mol. The van der Waals surface area contributed by atoms with E-state index in [1.54, 1.807) is 30.1 Å². The van der Waals surface area contributed by atoms with Gasteiger partial charge in [0.2, 0.25) is 5.91 Å². The summed E-state index contributed by atoms with van der Waals surface area (Å²) in [5.74, 6) is -0.127. The van der Waals surface area contributed by atoms with E-state index in [2.05, 4.69) is 10.4 Å². The Balaban J connectivity index is 2.58. The van der Waals surface area contributed by atoms with Crippen LogP contribution in [-0.2, 0) is 11.3 Å². The molecule has 1 heterocycles. The number of allylic oxidation sites excluding steroid dienone is 1. The number of amides is 1. The van der Waals surface area contributed by atoms with Crippen molar-refractivity contribution in [1.82, 2.24) is 9.78 Å². The first-order valence-corrected chi connectivity index (χ1v) is 4.22. The Morgan fingerprint density at radius 1 is 1.77 bits per heavy atom. The van der Waals surface area contributed by atoms with Crippen molar-refractivity contribution in [3.63, 3.8) is 0 Å². The van der Waals surface area contributed by atoms with Gasteiger partial charge in [-0.3, -0.25) is 9.48 Å². The summed E-state index contributed by atoms with van der Waals surface area (Å²) in [6, 6.07) is 0. The van der Waals surface area contributed by atoms with Gasteiger partial charge in [-0.15, -0.1) is 0 Å². The Morgan fingerprint density at radius 3 is 3.08 bits per heavy atom. The lowest BCUT2D eigenvalue weighted by molar-refractivity contribution is -0.111. The maximum atomic E-state index is 11.1. The van der Waals surface area contributed by atoms with Gasteiger partial charge in [0, 0.05) is 12.7 Å². The number of nitrogens with one attached hydrogen (secondary N) is 1. The highest BCUT2D eigenvalue weighted by molar-refractivity contribution is 5.98. The van der Waals surface area contributed by atoms with Crippen LogP contribution in [0.1, 0.15) is 13.8 Å². The molecule has 1 N–H and O–H groups in total. The van der Waals surface area contributed by atoms with E-state index in [9.17, 15) is 4.79 Å². The van der Waals surface area contributed by atoms with Gasteiger partial charge in [-0.2, -0.15) is 5.10 Å². The van der Waals surface area contributed by atoms with E-state index in [4.69, 9.17) is 0 Å². The number of nitrogens with zero attached hydrogens (tertiary/aromatic N) is 2. The van der Waals surface area contributed by atoms with E-state index in [0.29, 0.717) is 0 Å². The fraction of sp³-hybridized carbons (Fsp3) is 0.333. The molecule has 4 nitrogen and oxygen atoms in total. The first-order valence-electron chi connectivity index (χ1n) is 4.22. The van der Waals surface area contributed by atoms with Gasteiger partial charge in [0.25, 0.3) is 0 Å². The number of hydrogen-bond donors (Lipinski definition) is 1. The lowest BCUT2D eigenvalue weighted by Crippen LogP contribution is -2.06. The molecule has 1 aromatic heterocycles. The minimum atomic E-state index is -0.127. The van der Waals surface area contributed by atoms with Crippen LogP contribution >= 0.6 is 0 Å². The van der Waals surface area contributed by atoms with Crippen molar-refractivity contribution >= 4 is 11.6 Å². The van der Waals surface area contributed by atoms with E-state index in [1.807, 2.05) is 6.92 Å². The molecule has 13 heavy (non-hydrogen) atoms. The molecule has 0 aliphatic heterocycles. The number of hydrogen-bond acceptors (Lipinski definition) is 2. The minimum absolute atomic E-state index is 0.127. The van der Waals surface area contributed by atoms with Crippen LogP contribution in [0.25, 0.3) is 0 Å². The molecule has 0 saturated heterocycles. The summed E-state index contributed by atoms with van der Waals surface area (Å²) in [5, 5.41) is 6.71. The molecule has 0 aromatic carbocycles. The van der Waals surface area contributed by atoms with E-state index in [1.165, 1.54) is 6.08 Å². The van der Waals surface area contributed by atoms with Crippen molar-refractivity contribution in [1.29, 1.82) is 0 Å². The third-order valence-corrected chi connectivity index (χ3v) is 1.54. The highest BCUT2D eigenvalue weighted by atomic mass is 16.1. The van der Waals surface area contributed by atoms with Crippen LogP contribution in [0.2, 0.25) is 0 Å². The number of aromatic nitrogens is 2. The van der Waals surface area contributed by atoms with Gasteiger partial charge < -0.3 is 5.32 Å². The van der Waals surface area contributed by atoms with Gasteiger partial charge in [0.1, 0.15) is 0 Å². The topological polar surface area (TPSA) is 46.9 Å². The largest absolute Gasteiger partial charge is 0.320 e. The number of anilines is 1. The van der Waals surface area contributed by atoms with Crippen molar-refractivity contribution in [3.8, 4) is 0 Å². The molecule has 0 bridgehead atoms. The van der Waals surface area contributed by atoms with Crippen molar-refractivity contribution < 1.29 is 4.79 Å². The molecule has 4 heteroatoms. The fourth-order valence-corrected chi connectivity index (χ4v) is 0.936. The normalized spacial score (nSPS) is 10.6. The van der Waals surface area contributed by atoms with E-state index < -0.39 is 0 Å². The van der Waals surface area contributed by atoms with Gasteiger partial charge >= 0.3 is 0 Å². The van der Waals surface area contributed by atoms with Crippen LogP contribution in [0.3, 0.4) is 0 Å². The second-order valence-electron chi connectivity index (χ2n) is 2.57. The average molecular weight is 179 g/mol. The summed E-state index contributed by atoms with van der Waals surface area (Å²) in [4.78, 5) is 11.1. The fourth-order valence-electron chi connectivity index (χ4n) is 0.936. The number of carbonyl (C=O) groups is 1. The molecule has 1 rings (SSSR count). The molecule has 1 amide bonds. The van der Waals surface area contributed by atoms with Crippen LogP contribution in [0.15, 0.2) is 24.5 Å². The molecule has 0 fully saturated rings. The Bertz CT molecular complexity index is 314. The zero-order chi connectivity index (χ0) is 9.68. The van der Waals surface area contributed by atoms with Crippen LogP contribution in [0.4, 0.5) is 5.69 Å². The zero-order valence-electron chi connectivity index (χ0n) is 7.82. The molecular formula is C9H13N3O. The Labute approximate surface area is 77.3 Å². The lowest BCUT2D eigenvalue weighted by Gasteiger charge is -1.95. The second kappa shape index (κ2) is 4.45. The standard InChI is InChI=1S/C9H13N3O/c1-3-5-9(13)11-8-6-10-12(4-2)7-8/h3,5-7H,4H2,1-2H3,(H,11,13)/b5-3+. The predicted molar refractivity (Wildman–Crippen MR) is 51.3 cm³/mol. The zero-order valence-corrected chi connectivity index (χ0v) is 7.82. The van der Waals surface area contributed by atoms with Crippen molar-refractivity contribution in [2.75, 3.05) is 5.32 Å². The van der Waals surface area contributed by atoms with Gasteiger partial charge in [0.15, 0.2) is 0 Å². The quantitative estimate of drug-likeness (QED) is 0.713. The number of rotatable bonds is 3. The van der Waals surface area contributed by atoms with Crippen LogP contribution < -0.4 is 5.32 Å². The molecule has 70 valence electrons.